The van der Waals surface area contributed by atoms with Crippen molar-refractivity contribution in [2.45, 2.75) is 18.8 Å². The van der Waals surface area contributed by atoms with Crippen LogP contribution in [-0.2, 0) is 11.2 Å². The van der Waals surface area contributed by atoms with Gasteiger partial charge in [-0.3, -0.25) is 4.79 Å². The predicted molar refractivity (Wildman–Crippen MR) is 149 cm³/mol. The molecule has 0 aliphatic carbocycles. The number of halogens is 2. The van der Waals surface area contributed by atoms with Crippen LogP contribution in [0, 0.1) is 0 Å². The number of ether oxygens (including phenoxy) is 2. The predicted octanol–water partition coefficient (Wildman–Crippen LogP) is 3.08. The van der Waals surface area contributed by atoms with Gasteiger partial charge >= 0.3 is 29.6 Å². The van der Waals surface area contributed by atoms with Crippen molar-refractivity contribution in [3.05, 3.63) is 118 Å². The normalized spacial score (nSPS) is 13.7. The minimum Gasteiger partial charge on any atom is -0.549 e. The molecule has 1 heterocycles. The molecule has 4 aromatic rings. The molecule has 4 aromatic carbocycles. The van der Waals surface area contributed by atoms with Crippen molar-refractivity contribution in [2.24, 2.45) is 0 Å². The molecule has 5 rings (SSSR count). The number of aliphatic carboxylic acids is 1. The van der Waals surface area contributed by atoms with E-state index in [2.05, 4.69) is 0 Å². The molecule has 1 aliphatic heterocycles. The Balaban J connectivity index is 0.00000387. The van der Waals surface area contributed by atoms with E-state index in [0.29, 0.717) is 58.5 Å². The second-order valence-electron chi connectivity index (χ2n) is 9.14. The maximum atomic E-state index is 13.5. The number of fused-ring (bicyclic) bond motifs is 1. The number of carboxylic acid groups (broad SMARTS) is 1. The summed E-state index contributed by atoms with van der Waals surface area (Å²) in [5.74, 6) is -0.691. The van der Waals surface area contributed by atoms with Crippen LogP contribution in [0.15, 0.2) is 91.0 Å². The van der Waals surface area contributed by atoms with Crippen LogP contribution in [0.1, 0.15) is 33.8 Å². The smallest absolute Gasteiger partial charge is 0.549 e. The summed E-state index contributed by atoms with van der Waals surface area (Å²) in [6.45, 7) is 0.573. The Hall–Kier alpha value is -3.20. The van der Waals surface area contributed by atoms with Gasteiger partial charge < -0.3 is 24.2 Å². The maximum absolute atomic E-state index is 13.5. The molecule has 0 saturated heterocycles. The standard InChI is InChI=1S/C31H25Cl2NO6.Na/c32-22-8-12-24(13-9-22)40-34(16-14-20-4-2-1-3-5-20)30(35)21-6-10-23(11-7-21)39-29-19-28-26(18-27(29)33)25(31(36)37)15-17-38-28;/h1-13,18-19,25H,14-17H2,(H,36,37);/q;+1/p-1. The summed E-state index contributed by atoms with van der Waals surface area (Å²) >= 11 is 12.4. The monoisotopic (exact) mass is 599 g/mol. The van der Waals surface area contributed by atoms with E-state index < -0.39 is 11.9 Å². The van der Waals surface area contributed by atoms with Gasteiger partial charge in [-0.05, 0) is 73.0 Å². The number of hydrogen-bond acceptors (Lipinski definition) is 6. The molecule has 1 aliphatic rings. The molecule has 0 aromatic heterocycles. The van der Waals surface area contributed by atoms with Gasteiger partial charge in [0.25, 0.3) is 5.91 Å². The van der Waals surface area contributed by atoms with Crippen LogP contribution in [-0.4, -0.2) is 30.1 Å². The first kappa shape index (κ1) is 30.8. The number of nitrogens with zero attached hydrogens (tertiary/aromatic N) is 1. The zero-order valence-corrected chi connectivity index (χ0v) is 25.7. The van der Waals surface area contributed by atoms with E-state index in [1.807, 2.05) is 30.3 Å². The van der Waals surface area contributed by atoms with Gasteiger partial charge in [-0.1, -0.05) is 53.5 Å². The molecule has 0 radical (unpaired) electrons. The molecular weight excluding hydrogens is 576 g/mol. The fourth-order valence-electron chi connectivity index (χ4n) is 4.34. The van der Waals surface area contributed by atoms with Crippen LogP contribution >= 0.6 is 23.2 Å². The third-order valence-corrected chi connectivity index (χ3v) is 6.97. The maximum Gasteiger partial charge on any atom is 1.00 e. The molecule has 41 heavy (non-hydrogen) atoms. The van der Waals surface area contributed by atoms with Gasteiger partial charge in [0, 0.05) is 34.1 Å². The quantitative estimate of drug-likeness (QED) is 0.217. The third kappa shape index (κ3) is 7.76. The molecule has 1 amide bonds. The largest absolute Gasteiger partial charge is 1.00 e. The summed E-state index contributed by atoms with van der Waals surface area (Å²) < 4.78 is 11.6. The molecule has 0 saturated carbocycles. The molecule has 7 nitrogen and oxygen atoms in total. The summed E-state index contributed by atoms with van der Waals surface area (Å²) in [7, 11) is 0. The van der Waals surface area contributed by atoms with Crippen LogP contribution in [0.5, 0.6) is 23.0 Å². The van der Waals surface area contributed by atoms with Crippen molar-refractivity contribution in [1.82, 2.24) is 5.06 Å². The first-order valence-electron chi connectivity index (χ1n) is 12.6. The number of carbonyl (C=O) groups is 2. The van der Waals surface area contributed by atoms with Crippen molar-refractivity contribution in [1.29, 1.82) is 0 Å². The molecule has 10 heteroatoms. The van der Waals surface area contributed by atoms with Crippen LogP contribution in [0.25, 0.3) is 0 Å². The first-order valence-corrected chi connectivity index (χ1v) is 13.4. The summed E-state index contributed by atoms with van der Waals surface area (Å²) in [4.78, 5) is 30.9. The van der Waals surface area contributed by atoms with Gasteiger partial charge in [-0.25, -0.2) is 0 Å². The Kier molecular flexibility index (Phi) is 10.6. The number of rotatable bonds is 9. The van der Waals surface area contributed by atoms with E-state index >= 15 is 0 Å². The van der Waals surface area contributed by atoms with Crippen molar-refractivity contribution in [3.63, 3.8) is 0 Å². The number of hydrogen-bond donors (Lipinski definition) is 0. The zero-order chi connectivity index (χ0) is 28.1. The average Bonchev–Trinajstić information content (AvgIpc) is 2.97. The van der Waals surface area contributed by atoms with Crippen LogP contribution < -0.4 is 49.0 Å². The van der Waals surface area contributed by atoms with Crippen molar-refractivity contribution in [2.75, 3.05) is 13.2 Å². The molecule has 0 bridgehead atoms. The van der Waals surface area contributed by atoms with Gasteiger partial charge in [0.2, 0.25) is 0 Å². The molecule has 0 fully saturated rings. The third-order valence-electron chi connectivity index (χ3n) is 6.42. The molecule has 204 valence electrons. The summed E-state index contributed by atoms with van der Waals surface area (Å²) in [6, 6.07) is 26.3. The summed E-state index contributed by atoms with van der Waals surface area (Å²) in [6.07, 6.45) is 0.907. The van der Waals surface area contributed by atoms with Crippen molar-refractivity contribution >= 4 is 35.1 Å². The van der Waals surface area contributed by atoms with Crippen LogP contribution in [0.2, 0.25) is 10.0 Å². The van der Waals surface area contributed by atoms with E-state index in [9.17, 15) is 14.7 Å². The number of hydroxylamine groups is 2. The molecule has 0 spiro atoms. The van der Waals surface area contributed by atoms with Gasteiger partial charge in [0.05, 0.1) is 18.2 Å². The average molecular weight is 600 g/mol. The topological polar surface area (TPSA) is 88.1 Å². The molecule has 1 unspecified atom stereocenters. The summed E-state index contributed by atoms with van der Waals surface area (Å²) in [5, 5.41) is 13.6. The first-order chi connectivity index (χ1) is 19.4. The Morgan fingerprint density at radius 2 is 1.61 bits per heavy atom. The van der Waals surface area contributed by atoms with E-state index in [1.165, 1.54) is 11.1 Å². The molecular formula is C31H24Cl2NNaO6. The van der Waals surface area contributed by atoms with Crippen molar-refractivity contribution in [3.8, 4) is 23.0 Å². The number of carboxylic acids is 1. The number of amides is 1. The van der Waals surface area contributed by atoms with Gasteiger partial charge in [-0.15, -0.1) is 0 Å². The van der Waals surface area contributed by atoms with Crippen molar-refractivity contribution < 1.29 is 58.6 Å². The van der Waals surface area contributed by atoms with E-state index in [-0.39, 0.29) is 47.1 Å². The SMILES string of the molecule is O=C([O-])C1CCOc2cc(Oc3ccc(C(=O)N(CCc4ccccc4)Oc4ccc(Cl)cc4)cc3)c(Cl)cc21.[Na+]. The summed E-state index contributed by atoms with van der Waals surface area (Å²) in [5.41, 5.74) is 1.92. The fraction of sp³-hybridized carbons (Fsp3) is 0.161. The molecule has 0 N–H and O–H groups in total. The Morgan fingerprint density at radius 1 is 0.927 bits per heavy atom. The minimum atomic E-state index is -1.17. The van der Waals surface area contributed by atoms with Gasteiger partial charge in [0.1, 0.15) is 17.2 Å². The van der Waals surface area contributed by atoms with E-state index in [1.54, 1.807) is 54.6 Å². The van der Waals surface area contributed by atoms with Gasteiger partial charge in [-0.2, -0.15) is 5.06 Å². The number of carbonyl (C=O) groups excluding carboxylic acids is 2. The second kappa shape index (κ2) is 14.1. The Labute approximate surface area is 269 Å². The Bertz CT molecular complexity index is 1500. The fourth-order valence-corrected chi connectivity index (χ4v) is 4.67. The van der Waals surface area contributed by atoms with Crippen LogP contribution in [0.3, 0.4) is 0 Å². The molecule has 1 atom stereocenters. The second-order valence-corrected chi connectivity index (χ2v) is 9.99. The zero-order valence-electron chi connectivity index (χ0n) is 22.2. The van der Waals surface area contributed by atoms with E-state index in [0.717, 1.165) is 5.56 Å². The van der Waals surface area contributed by atoms with Crippen LogP contribution in [0.4, 0.5) is 0 Å². The minimum absolute atomic E-state index is 0. The van der Waals surface area contributed by atoms with E-state index in [4.69, 9.17) is 37.5 Å². The Morgan fingerprint density at radius 3 is 2.29 bits per heavy atom. The number of benzene rings is 4. The van der Waals surface area contributed by atoms with Gasteiger partial charge in [0.15, 0.2) is 5.75 Å².